The van der Waals surface area contributed by atoms with E-state index in [1.165, 1.54) is 12.1 Å². The Morgan fingerprint density at radius 1 is 1.17 bits per heavy atom. The van der Waals surface area contributed by atoms with Crippen molar-refractivity contribution in [2.45, 2.75) is 20.5 Å². The number of amides is 1. The minimum absolute atomic E-state index is 0.0796. The molecular formula is C18H16F2N2O2. The van der Waals surface area contributed by atoms with Gasteiger partial charge in [-0.2, -0.15) is 8.78 Å². The smallest absolute Gasteiger partial charge is 0.387 e. The number of aryl methyl sites for hydroxylation is 2. The number of halogens is 2. The zero-order valence-electron chi connectivity index (χ0n) is 13.2. The Labute approximate surface area is 137 Å². The first-order chi connectivity index (χ1) is 11.4. The molecule has 1 amide bonds. The molecule has 24 heavy (non-hydrogen) atoms. The van der Waals surface area contributed by atoms with E-state index in [2.05, 4.69) is 15.0 Å². The monoisotopic (exact) mass is 330 g/mol. The highest BCUT2D eigenvalue weighted by Gasteiger charge is 2.15. The summed E-state index contributed by atoms with van der Waals surface area (Å²) in [6.45, 7) is 0.989. The fourth-order valence-electron chi connectivity index (χ4n) is 2.68. The van der Waals surface area contributed by atoms with Gasteiger partial charge in [0.25, 0.3) is 5.91 Å². The highest BCUT2D eigenvalue weighted by Crippen LogP contribution is 2.27. The molecule has 6 heteroatoms. The van der Waals surface area contributed by atoms with Crippen LogP contribution in [0.1, 0.15) is 21.6 Å². The second-order valence-corrected chi connectivity index (χ2v) is 5.55. The number of alkyl halides is 2. The van der Waals surface area contributed by atoms with Crippen molar-refractivity contribution in [1.82, 2.24) is 4.98 Å². The van der Waals surface area contributed by atoms with Crippen LogP contribution in [-0.2, 0) is 0 Å². The number of hydrogen-bond donors (Lipinski definition) is 2. The third-order valence-corrected chi connectivity index (χ3v) is 3.69. The molecule has 1 aromatic heterocycles. The van der Waals surface area contributed by atoms with Gasteiger partial charge in [0.15, 0.2) is 0 Å². The Morgan fingerprint density at radius 3 is 2.67 bits per heavy atom. The van der Waals surface area contributed by atoms with Gasteiger partial charge in [0.05, 0.1) is 5.69 Å². The summed E-state index contributed by atoms with van der Waals surface area (Å²) in [5, 5.41) is 3.55. The number of fused-ring (bicyclic) bond motifs is 1. The van der Waals surface area contributed by atoms with Gasteiger partial charge in [-0.25, -0.2) is 0 Å². The lowest BCUT2D eigenvalue weighted by Crippen LogP contribution is -2.14. The number of H-pyrrole nitrogens is 1. The van der Waals surface area contributed by atoms with Crippen LogP contribution in [-0.4, -0.2) is 17.5 Å². The van der Waals surface area contributed by atoms with Crippen LogP contribution in [0.2, 0.25) is 0 Å². The van der Waals surface area contributed by atoms with Crippen LogP contribution < -0.4 is 10.1 Å². The number of anilines is 1. The first-order valence-corrected chi connectivity index (χ1v) is 7.39. The average molecular weight is 330 g/mol. The SMILES string of the molecule is Cc1cc(C)c2cc(C(=O)Nc3ccccc3OC(F)F)[nH]c2c1. The predicted octanol–water partition coefficient (Wildman–Crippen LogP) is 4.64. The summed E-state index contributed by atoms with van der Waals surface area (Å²) in [6, 6.07) is 11.8. The molecule has 0 unspecified atom stereocenters. The van der Waals surface area contributed by atoms with Gasteiger partial charge in [0, 0.05) is 10.9 Å². The fraction of sp³-hybridized carbons (Fsp3) is 0.167. The standard InChI is InChI=1S/C18H16F2N2O2/c1-10-7-11(2)12-9-15(21-14(12)8-10)17(23)22-13-5-3-4-6-16(13)24-18(19)20/h3-9,18,21H,1-2H3,(H,22,23). The number of carbonyl (C=O) groups is 1. The Bertz CT molecular complexity index is 903. The molecule has 0 aliphatic rings. The molecular weight excluding hydrogens is 314 g/mol. The maximum absolute atomic E-state index is 12.4. The second kappa shape index (κ2) is 6.31. The van der Waals surface area contributed by atoms with E-state index in [0.717, 1.165) is 22.0 Å². The molecule has 0 fully saturated rings. The van der Waals surface area contributed by atoms with Crippen molar-refractivity contribution in [2.24, 2.45) is 0 Å². The van der Waals surface area contributed by atoms with E-state index < -0.39 is 12.5 Å². The number of benzene rings is 2. The van der Waals surface area contributed by atoms with Crippen molar-refractivity contribution in [1.29, 1.82) is 0 Å². The lowest BCUT2D eigenvalue weighted by atomic mass is 10.1. The Balaban J connectivity index is 1.89. The molecule has 0 radical (unpaired) electrons. The Kier molecular flexibility index (Phi) is 4.20. The molecule has 0 aliphatic heterocycles. The van der Waals surface area contributed by atoms with Crippen LogP contribution in [0, 0.1) is 13.8 Å². The van der Waals surface area contributed by atoms with Crippen molar-refractivity contribution in [3.05, 3.63) is 59.3 Å². The van der Waals surface area contributed by atoms with Crippen molar-refractivity contribution in [3.63, 3.8) is 0 Å². The van der Waals surface area contributed by atoms with Crippen molar-refractivity contribution >= 4 is 22.5 Å². The van der Waals surface area contributed by atoms with Gasteiger partial charge in [-0.3, -0.25) is 4.79 Å². The third-order valence-electron chi connectivity index (χ3n) is 3.69. The Hall–Kier alpha value is -2.89. The number of aromatic nitrogens is 1. The normalized spacial score (nSPS) is 11.0. The number of nitrogens with one attached hydrogen (secondary N) is 2. The fourth-order valence-corrected chi connectivity index (χ4v) is 2.68. The molecule has 2 N–H and O–H groups in total. The molecule has 1 heterocycles. The largest absolute Gasteiger partial charge is 0.433 e. The maximum atomic E-state index is 12.4. The van der Waals surface area contributed by atoms with E-state index in [1.807, 2.05) is 26.0 Å². The van der Waals surface area contributed by atoms with Crippen LogP contribution in [0.3, 0.4) is 0 Å². The summed E-state index contributed by atoms with van der Waals surface area (Å²) in [5.74, 6) is -0.502. The topological polar surface area (TPSA) is 54.1 Å². The molecule has 4 nitrogen and oxygen atoms in total. The molecule has 0 saturated heterocycles. The summed E-state index contributed by atoms with van der Waals surface area (Å²) in [5.41, 5.74) is 3.54. The van der Waals surface area contributed by atoms with Crippen LogP contribution in [0.5, 0.6) is 5.75 Å². The van der Waals surface area contributed by atoms with Crippen molar-refractivity contribution in [3.8, 4) is 5.75 Å². The predicted molar refractivity (Wildman–Crippen MR) is 88.8 cm³/mol. The summed E-state index contributed by atoms with van der Waals surface area (Å²) >= 11 is 0. The van der Waals surface area contributed by atoms with Gasteiger partial charge in [-0.05, 0) is 49.2 Å². The molecule has 0 aliphatic carbocycles. The number of rotatable bonds is 4. The van der Waals surface area contributed by atoms with E-state index in [9.17, 15) is 13.6 Å². The molecule has 2 aromatic carbocycles. The molecule has 0 bridgehead atoms. The van der Waals surface area contributed by atoms with Gasteiger partial charge in [0.2, 0.25) is 0 Å². The van der Waals surface area contributed by atoms with Gasteiger partial charge in [-0.15, -0.1) is 0 Å². The van der Waals surface area contributed by atoms with E-state index >= 15 is 0 Å². The molecule has 124 valence electrons. The molecule has 3 rings (SSSR count). The number of ether oxygens (including phenoxy) is 1. The average Bonchev–Trinajstić information content (AvgIpc) is 2.93. The van der Waals surface area contributed by atoms with Crippen LogP contribution in [0.25, 0.3) is 10.9 Å². The third kappa shape index (κ3) is 3.22. The molecule has 0 saturated carbocycles. The number of carbonyl (C=O) groups excluding carboxylic acids is 1. The summed E-state index contributed by atoms with van der Waals surface area (Å²) in [4.78, 5) is 15.5. The highest BCUT2D eigenvalue weighted by molar-refractivity contribution is 6.07. The minimum Gasteiger partial charge on any atom is -0.433 e. The van der Waals surface area contributed by atoms with Crippen molar-refractivity contribution < 1.29 is 18.3 Å². The number of para-hydroxylation sites is 2. The van der Waals surface area contributed by atoms with Gasteiger partial charge < -0.3 is 15.0 Å². The first kappa shape index (κ1) is 16.0. The minimum atomic E-state index is -2.96. The van der Waals surface area contributed by atoms with E-state index in [1.54, 1.807) is 18.2 Å². The van der Waals surface area contributed by atoms with E-state index in [0.29, 0.717) is 5.69 Å². The van der Waals surface area contributed by atoms with Gasteiger partial charge >= 0.3 is 6.61 Å². The zero-order chi connectivity index (χ0) is 17.3. The first-order valence-electron chi connectivity index (χ1n) is 7.39. The number of hydrogen-bond acceptors (Lipinski definition) is 2. The van der Waals surface area contributed by atoms with Crippen LogP contribution in [0.15, 0.2) is 42.5 Å². The lowest BCUT2D eigenvalue weighted by molar-refractivity contribution is -0.0493. The summed E-state index contributed by atoms with van der Waals surface area (Å²) < 4.78 is 29.3. The second-order valence-electron chi connectivity index (χ2n) is 5.55. The molecule has 0 atom stereocenters. The van der Waals surface area contributed by atoms with Crippen molar-refractivity contribution in [2.75, 3.05) is 5.32 Å². The summed E-state index contributed by atoms with van der Waals surface area (Å²) in [6.07, 6.45) is 0. The Morgan fingerprint density at radius 2 is 1.92 bits per heavy atom. The molecule has 3 aromatic rings. The summed E-state index contributed by atoms with van der Waals surface area (Å²) in [7, 11) is 0. The van der Waals surface area contributed by atoms with Gasteiger partial charge in [-0.1, -0.05) is 18.2 Å². The highest BCUT2D eigenvalue weighted by atomic mass is 19.3. The zero-order valence-corrected chi connectivity index (χ0v) is 13.2. The number of aromatic amines is 1. The van der Waals surface area contributed by atoms with E-state index in [4.69, 9.17) is 0 Å². The maximum Gasteiger partial charge on any atom is 0.387 e. The van der Waals surface area contributed by atoms with Gasteiger partial charge in [0.1, 0.15) is 11.4 Å². The quantitative estimate of drug-likeness (QED) is 0.732. The lowest BCUT2D eigenvalue weighted by Gasteiger charge is -2.10. The van der Waals surface area contributed by atoms with Crippen LogP contribution >= 0.6 is 0 Å². The van der Waals surface area contributed by atoms with Crippen LogP contribution in [0.4, 0.5) is 14.5 Å². The van der Waals surface area contributed by atoms with E-state index in [-0.39, 0.29) is 11.4 Å². The molecule has 0 spiro atoms.